The van der Waals surface area contributed by atoms with E-state index < -0.39 is 0 Å². The van der Waals surface area contributed by atoms with Crippen molar-refractivity contribution in [2.45, 2.75) is 6.42 Å². The van der Waals surface area contributed by atoms with Gasteiger partial charge in [-0.1, -0.05) is 0 Å². The minimum atomic E-state index is -0.286. The number of hydrogen-bond donors (Lipinski definition) is 2. The second kappa shape index (κ2) is 5.03. The zero-order valence-corrected chi connectivity index (χ0v) is 10.4. The molecule has 2 N–H and O–H groups in total. The highest BCUT2D eigenvalue weighted by molar-refractivity contribution is 5.97. The smallest absolute Gasteiger partial charge is 0.229 e. The average Bonchev–Trinajstić information content (AvgIpc) is 2.76. The highest BCUT2D eigenvalue weighted by Crippen LogP contribution is 2.15. The molecule has 0 aromatic carbocycles. The van der Waals surface area contributed by atoms with Crippen LogP contribution in [0.3, 0.4) is 0 Å². The van der Waals surface area contributed by atoms with Crippen molar-refractivity contribution < 1.29 is 9.59 Å². The van der Waals surface area contributed by atoms with E-state index >= 15 is 0 Å². The van der Waals surface area contributed by atoms with Crippen molar-refractivity contribution in [2.24, 2.45) is 5.92 Å². The maximum absolute atomic E-state index is 11.8. The predicted molar refractivity (Wildman–Crippen MR) is 68.3 cm³/mol. The normalized spacial score (nSPS) is 18.3. The number of aromatic nitrogens is 1. The third-order valence-electron chi connectivity index (χ3n) is 2.82. The Labute approximate surface area is 105 Å². The van der Waals surface area contributed by atoms with Crippen LogP contribution in [0.1, 0.15) is 6.42 Å². The Kier molecular flexibility index (Phi) is 3.45. The van der Waals surface area contributed by atoms with Crippen molar-refractivity contribution in [3.63, 3.8) is 0 Å². The van der Waals surface area contributed by atoms with E-state index in [1.807, 2.05) is 25.1 Å². The lowest BCUT2D eigenvalue weighted by molar-refractivity contribution is -0.123. The summed E-state index contributed by atoms with van der Waals surface area (Å²) < 4.78 is 0. The first-order valence-electron chi connectivity index (χ1n) is 5.77. The number of carbonyl (C=O) groups excluding carboxylic acids is 2. The van der Waals surface area contributed by atoms with Gasteiger partial charge in [0, 0.05) is 27.1 Å². The van der Waals surface area contributed by atoms with Gasteiger partial charge in [0.15, 0.2) is 0 Å². The first-order valence-corrected chi connectivity index (χ1v) is 5.77. The quantitative estimate of drug-likeness (QED) is 0.802. The summed E-state index contributed by atoms with van der Waals surface area (Å²) in [5.41, 5.74) is 0.643. The van der Waals surface area contributed by atoms with Crippen LogP contribution in [-0.2, 0) is 9.59 Å². The van der Waals surface area contributed by atoms with E-state index in [1.54, 1.807) is 12.3 Å². The van der Waals surface area contributed by atoms with Crippen LogP contribution in [0.4, 0.5) is 11.5 Å². The summed E-state index contributed by atoms with van der Waals surface area (Å²) in [7, 11) is 3.80. The van der Waals surface area contributed by atoms with Gasteiger partial charge in [-0.05, 0) is 12.1 Å². The largest absolute Gasteiger partial charge is 0.363 e. The van der Waals surface area contributed by atoms with Gasteiger partial charge in [-0.2, -0.15) is 0 Å². The summed E-state index contributed by atoms with van der Waals surface area (Å²) in [6, 6.07) is 3.62. The third-order valence-corrected chi connectivity index (χ3v) is 2.82. The number of hydrogen-bond acceptors (Lipinski definition) is 4. The van der Waals surface area contributed by atoms with E-state index in [4.69, 9.17) is 0 Å². The Morgan fingerprint density at radius 1 is 1.50 bits per heavy atom. The molecule has 1 saturated heterocycles. The molecule has 18 heavy (non-hydrogen) atoms. The molecule has 96 valence electrons. The van der Waals surface area contributed by atoms with Gasteiger partial charge in [-0.3, -0.25) is 9.59 Å². The average molecular weight is 248 g/mol. The maximum atomic E-state index is 11.8. The molecule has 1 atom stereocenters. The molecule has 1 aliphatic rings. The predicted octanol–water partition coefficient (Wildman–Crippen LogP) is 0.222. The number of anilines is 2. The van der Waals surface area contributed by atoms with Gasteiger partial charge in [-0.15, -0.1) is 0 Å². The van der Waals surface area contributed by atoms with Crippen molar-refractivity contribution in [1.29, 1.82) is 0 Å². The summed E-state index contributed by atoms with van der Waals surface area (Å²) in [6.45, 7) is 0.411. The molecule has 0 aliphatic carbocycles. The lowest BCUT2D eigenvalue weighted by atomic mass is 10.1. The molecule has 2 rings (SSSR count). The monoisotopic (exact) mass is 248 g/mol. The highest BCUT2D eigenvalue weighted by Gasteiger charge is 2.27. The van der Waals surface area contributed by atoms with E-state index in [0.717, 1.165) is 5.82 Å². The van der Waals surface area contributed by atoms with Crippen LogP contribution < -0.4 is 15.5 Å². The van der Waals surface area contributed by atoms with Gasteiger partial charge in [0.1, 0.15) is 5.82 Å². The molecule has 1 aromatic rings. The summed E-state index contributed by atoms with van der Waals surface area (Å²) in [4.78, 5) is 28.9. The zero-order valence-electron chi connectivity index (χ0n) is 10.4. The highest BCUT2D eigenvalue weighted by atomic mass is 16.2. The van der Waals surface area contributed by atoms with E-state index in [9.17, 15) is 9.59 Å². The van der Waals surface area contributed by atoms with Crippen LogP contribution in [-0.4, -0.2) is 37.4 Å². The Morgan fingerprint density at radius 3 is 2.78 bits per heavy atom. The first-order chi connectivity index (χ1) is 8.56. The molecule has 6 heteroatoms. The van der Waals surface area contributed by atoms with Gasteiger partial charge in [0.25, 0.3) is 0 Å². The molecule has 1 aromatic heterocycles. The zero-order chi connectivity index (χ0) is 13.1. The molecule has 1 fully saturated rings. The summed E-state index contributed by atoms with van der Waals surface area (Å²) >= 11 is 0. The SMILES string of the molecule is CN(C)c1ccc(NC(=O)C2CNC(=O)C2)cn1. The molecule has 6 nitrogen and oxygen atoms in total. The van der Waals surface area contributed by atoms with Crippen molar-refractivity contribution in [1.82, 2.24) is 10.3 Å². The lowest BCUT2D eigenvalue weighted by Gasteiger charge is -2.12. The van der Waals surface area contributed by atoms with E-state index in [1.165, 1.54) is 0 Å². The molecule has 0 saturated carbocycles. The first kappa shape index (κ1) is 12.3. The Balaban J connectivity index is 1.97. The van der Waals surface area contributed by atoms with Gasteiger partial charge in [-0.25, -0.2) is 4.98 Å². The van der Waals surface area contributed by atoms with Crippen LogP contribution in [0.5, 0.6) is 0 Å². The van der Waals surface area contributed by atoms with Crippen LogP contribution in [0.15, 0.2) is 18.3 Å². The topological polar surface area (TPSA) is 74.3 Å². The van der Waals surface area contributed by atoms with Crippen molar-refractivity contribution >= 4 is 23.3 Å². The lowest BCUT2D eigenvalue weighted by Crippen LogP contribution is -2.24. The molecule has 2 amide bonds. The van der Waals surface area contributed by atoms with Gasteiger partial charge >= 0.3 is 0 Å². The Bertz CT molecular complexity index is 456. The van der Waals surface area contributed by atoms with Crippen LogP contribution in [0, 0.1) is 5.92 Å². The Morgan fingerprint density at radius 2 is 2.28 bits per heavy atom. The van der Waals surface area contributed by atoms with Gasteiger partial charge in [0.05, 0.1) is 17.8 Å². The minimum absolute atomic E-state index is 0.0729. The number of carbonyl (C=O) groups is 2. The third kappa shape index (κ3) is 2.77. The van der Waals surface area contributed by atoms with E-state index in [2.05, 4.69) is 15.6 Å². The molecule has 0 bridgehead atoms. The summed E-state index contributed by atoms with van der Waals surface area (Å²) in [5, 5.41) is 5.40. The van der Waals surface area contributed by atoms with Crippen LogP contribution >= 0.6 is 0 Å². The number of amides is 2. The van der Waals surface area contributed by atoms with Crippen molar-refractivity contribution in [3.05, 3.63) is 18.3 Å². The van der Waals surface area contributed by atoms with Gasteiger partial charge < -0.3 is 15.5 Å². The molecular weight excluding hydrogens is 232 g/mol. The molecule has 1 unspecified atom stereocenters. The number of pyridine rings is 1. The minimum Gasteiger partial charge on any atom is -0.363 e. The molecule has 0 spiro atoms. The summed E-state index contributed by atoms with van der Waals surface area (Å²) in [6.07, 6.45) is 1.87. The fraction of sp³-hybridized carbons (Fsp3) is 0.417. The maximum Gasteiger partial charge on any atom is 0.229 e. The molecular formula is C12H16N4O2. The van der Waals surface area contributed by atoms with Crippen LogP contribution in [0.2, 0.25) is 0 Å². The van der Waals surface area contributed by atoms with Crippen LogP contribution in [0.25, 0.3) is 0 Å². The fourth-order valence-corrected chi connectivity index (χ4v) is 1.76. The second-order valence-corrected chi connectivity index (χ2v) is 4.49. The second-order valence-electron chi connectivity index (χ2n) is 4.49. The van der Waals surface area contributed by atoms with E-state index in [-0.39, 0.29) is 24.2 Å². The molecule has 0 radical (unpaired) electrons. The van der Waals surface area contributed by atoms with Crippen molar-refractivity contribution in [3.8, 4) is 0 Å². The Hall–Kier alpha value is -2.11. The number of rotatable bonds is 3. The van der Waals surface area contributed by atoms with Crippen molar-refractivity contribution in [2.75, 3.05) is 30.9 Å². The standard InChI is InChI=1S/C12H16N4O2/c1-16(2)10-4-3-9(7-13-10)15-12(18)8-5-11(17)14-6-8/h3-4,7-8H,5-6H2,1-2H3,(H,14,17)(H,15,18). The van der Waals surface area contributed by atoms with Gasteiger partial charge in [0.2, 0.25) is 11.8 Å². The fourth-order valence-electron chi connectivity index (χ4n) is 1.76. The number of nitrogens with zero attached hydrogens (tertiary/aromatic N) is 2. The summed E-state index contributed by atoms with van der Waals surface area (Å²) in [5.74, 6) is 0.320. The van der Waals surface area contributed by atoms with E-state index in [0.29, 0.717) is 12.2 Å². The molecule has 2 heterocycles. The number of nitrogens with one attached hydrogen (secondary N) is 2. The molecule has 1 aliphatic heterocycles.